The maximum Gasteiger partial charge on any atom is 0.222 e. The van der Waals surface area contributed by atoms with E-state index in [0.717, 1.165) is 12.8 Å². The molecule has 1 aliphatic carbocycles. The van der Waals surface area contributed by atoms with Crippen LogP contribution in [0.3, 0.4) is 0 Å². The van der Waals surface area contributed by atoms with Crippen LogP contribution in [0, 0.1) is 28.6 Å². The van der Waals surface area contributed by atoms with Crippen LogP contribution in [0.15, 0.2) is 0 Å². The molecule has 0 aromatic carbocycles. The van der Waals surface area contributed by atoms with Crippen LogP contribution in [0.5, 0.6) is 0 Å². The Balaban J connectivity index is 2.41. The summed E-state index contributed by atoms with van der Waals surface area (Å²) in [5.74, 6) is 0.630. The molecule has 0 aromatic rings. The molecule has 0 radical (unpaired) electrons. The van der Waals surface area contributed by atoms with Gasteiger partial charge in [0.2, 0.25) is 5.91 Å². The molecule has 0 N–H and O–H groups in total. The first-order valence-corrected chi connectivity index (χ1v) is 6.79. The minimum Gasteiger partial charge on any atom is -0.341 e. The van der Waals surface area contributed by atoms with Crippen molar-refractivity contribution in [2.75, 3.05) is 13.1 Å². The van der Waals surface area contributed by atoms with Crippen LogP contribution < -0.4 is 0 Å². The Morgan fingerprint density at radius 2 is 1.61 bits per heavy atom. The number of rotatable bonds is 6. The minimum absolute atomic E-state index is 0.118. The molecule has 1 saturated carbocycles. The quantitative estimate of drug-likeness (QED) is 0.724. The molecule has 1 aliphatic rings. The molecule has 4 nitrogen and oxygen atoms in total. The summed E-state index contributed by atoms with van der Waals surface area (Å²) in [7, 11) is 0. The van der Waals surface area contributed by atoms with Crippen molar-refractivity contribution in [3.8, 4) is 12.1 Å². The summed E-state index contributed by atoms with van der Waals surface area (Å²) in [6.07, 6.45) is 7.34. The zero-order chi connectivity index (χ0) is 13.2. The third kappa shape index (κ3) is 5.19. The molecule has 1 rings (SSSR count). The van der Waals surface area contributed by atoms with Crippen LogP contribution >= 0.6 is 0 Å². The lowest BCUT2D eigenvalue weighted by atomic mass is 9.86. The highest BCUT2D eigenvalue weighted by Crippen LogP contribution is 2.26. The topological polar surface area (TPSA) is 67.9 Å². The molecule has 0 heterocycles. The number of hydrogen-bond donors (Lipinski definition) is 0. The highest BCUT2D eigenvalue weighted by atomic mass is 16.2. The Morgan fingerprint density at radius 1 is 1.06 bits per heavy atom. The van der Waals surface area contributed by atoms with Gasteiger partial charge in [0.15, 0.2) is 0 Å². The molecular weight excluding hydrogens is 226 g/mol. The Bertz CT molecular complexity index is 316. The van der Waals surface area contributed by atoms with Crippen LogP contribution in [-0.4, -0.2) is 23.9 Å². The molecule has 1 fully saturated rings. The fourth-order valence-corrected chi connectivity index (χ4v) is 2.50. The molecule has 0 aliphatic heterocycles. The summed E-state index contributed by atoms with van der Waals surface area (Å²) in [5.41, 5.74) is 0. The summed E-state index contributed by atoms with van der Waals surface area (Å²) >= 11 is 0. The van der Waals surface area contributed by atoms with Gasteiger partial charge in [0.25, 0.3) is 0 Å². The zero-order valence-corrected chi connectivity index (χ0v) is 10.9. The first-order valence-electron chi connectivity index (χ1n) is 6.79. The largest absolute Gasteiger partial charge is 0.341 e. The highest BCUT2D eigenvalue weighted by Gasteiger charge is 2.20. The van der Waals surface area contributed by atoms with E-state index in [0.29, 0.717) is 38.3 Å². The van der Waals surface area contributed by atoms with Gasteiger partial charge in [0.05, 0.1) is 25.0 Å². The molecule has 0 unspecified atom stereocenters. The van der Waals surface area contributed by atoms with E-state index in [1.165, 1.54) is 19.3 Å². The van der Waals surface area contributed by atoms with Crippen molar-refractivity contribution in [2.45, 2.75) is 51.4 Å². The van der Waals surface area contributed by atoms with Crippen LogP contribution in [0.25, 0.3) is 0 Å². The lowest BCUT2D eigenvalue weighted by molar-refractivity contribution is -0.132. The van der Waals surface area contributed by atoms with Gasteiger partial charge in [-0.2, -0.15) is 10.5 Å². The third-order valence-electron chi connectivity index (χ3n) is 3.53. The van der Waals surface area contributed by atoms with Crippen molar-refractivity contribution in [3.63, 3.8) is 0 Å². The van der Waals surface area contributed by atoms with E-state index in [-0.39, 0.29) is 5.91 Å². The van der Waals surface area contributed by atoms with Gasteiger partial charge in [-0.05, 0) is 18.8 Å². The zero-order valence-electron chi connectivity index (χ0n) is 10.9. The van der Waals surface area contributed by atoms with Gasteiger partial charge in [-0.1, -0.05) is 19.3 Å². The van der Waals surface area contributed by atoms with E-state index in [9.17, 15) is 4.79 Å². The summed E-state index contributed by atoms with van der Waals surface area (Å²) in [4.78, 5) is 13.8. The second kappa shape index (κ2) is 8.53. The maximum atomic E-state index is 12.1. The van der Waals surface area contributed by atoms with Crippen molar-refractivity contribution in [1.82, 2.24) is 4.90 Å². The van der Waals surface area contributed by atoms with E-state index in [4.69, 9.17) is 10.5 Å². The molecule has 4 heteroatoms. The smallest absolute Gasteiger partial charge is 0.222 e. The number of amides is 1. The minimum atomic E-state index is 0.118. The van der Waals surface area contributed by atoms with E-state index in [1.807, 2.05) is 0 Å². The van der Waals surface area contributed by atoms with Gasteiger partial charge in [-0.25, -0.2) is 0 Å². The van der Waals surface area contributed by atoms with Crippen molar-refractivity contribution in [3.05, 3.63) is 0 Å². The summed E-state index contributed by atoms with van der Waals surface area (Å²) in [6.45, 7) is 0.924. The maximum absolute atomic E-state index is 12.1. The predicted molar refractivity (Wildman–Crippen MR) is 68.2 cm³/mol. The first kappa shape index (κ1) is 14.5. The lowest BCUT2D eigenvalue weighted by Crippen LogP contribution is -2.34. The fourth-order valence-electron chi connectivity index (χ4n) is 2.50. The van der Waals surface area contributed by atoms with E-state index >= 15 is 0 Å². The molecular formula is C14H21N3O. The van der Waals surface area contributed by atoms with Gasteiger partial charge in [-0.3, -0.25) is 4.79 Å². The number of hydrogen-bond acceptors (Lipinski definition) is 3. The molecule has 0 aromatic heterocycles. The summed E-state index contributed by atoms with van der Waals surface area (Å²) in [6, 6.07) is 4.11. The van der Waals surface area contributed by atoms with Gasteiger partial charge in [-0.15, -0.1) is 0 Å². The van der Waals surface area contributed by atoms with E-state index in [2.05, 4.69) is 12.1 Å². The Kier molecular flexibility index (Phi) is 6.87. The van der Waals surface area contributed by atoms with Crippen molar-refractivity contribution in [2.24, 2.45) is 5.92 Å². The third-order valence-corrected chi connectivity index (χ3v) is 3.53. The number of nitrogens with zero attached hydrogens (tertiary/aromatic N) is 3. The number of carbonyl (C=O) groups is 1. The molecule has 1 amide bonds. The molecule has 0 spiro atoms. The van der Waals surface area contributed by atoms with Crippen molar-refractivity contribution in [1.29, 1.82) is 10.5 Å². The second-order valence-corrected chi connectivity index (χ2v) is 4.91. The fraction of sp³-hybridized carbons (Fsp3) is 0.786. The Hall–Kier alpha value is -1.55. The van der Waals surface area contributed by atoms with Crippen LogP contribution in [-0.2, 0) is 4.79 Å². The Morgan fingerprint density at radius 3 is 2.11 bits per heavy atom. The van der Waals surface area contributed by atoms with Crippen LogP contribution in [0.4, 0.5) is 0 Å². The standard InChI is InChI=1S/C14H21N3O/c15-8-4-10-17(11-5-9-16)14(18)12-13-6-2-1-3-7-13/h13H,1-7,10-12H2. The monoisotopic (exact) mass is 247 g/mol. The van der Waals surface area contributed by atoms with Gasteiger partial charge in [0.1, 0.15) is 0 Å². The van der Waals surface area contributed by atoms with Crippen molar-refractivity contribution < 1.29 is 4.79 Å². The molecule has 0 saturated heterocycles. The normalized spacial score (nSPS) is 15.7. The Labute approximate surface area is 109 Å². The molecule has 0 bridgehead atoms. The second-order valence-electron chi connectivity index (χ2n) is 4.91. The van der Waals surface area contributed by atoms with E-state index < -0.39 is 0 Å². The predicted octanol–water partition coefficient (Wildman–Crippen LogP) is 2.61. The average molecular weight is 247 g/mol. The molecule has 0 atom stereocenters. The summed E-state index contributed by atoms with van der Waals surface area (Å²) < 4.78 is 0. The van der Waals surface area contributed by atoms with Crippen LogP contribution in [0.1, 0.15) is 51.4 Å². The van der Waals surface area contributed by atoms with Gasteiger partial charge >= 0.3 is 0 Å². The van der Waals surface area contributed by atoms with Crippen LogP contribution in [0.2, 0.25) is 0 Å². The average Bonchev–Trinajstić information content (AvgIpc) is 2.40. The molecule has 18 heavy (non-hydrogen) atoms. The number of nitriles is 2. The molecule has 98 valence electrons. The number of carbonyl (C=O) groups excluding carboxylic acids is 1. The van der Waals surface area contributed by atoms with Gasteiger partial charge in [0, 0.05) is 19.5 Å². The lowest BCUT2D eigenvalue weighted by Gasteiger charge is -2.25. The highest BCUT2D eigenvalue weighted by molar-refractivity contribution is 5.76. The summed E-state index contributed by atoms with van der Waals surface area (Å²) in [5, 5.41) is 17.2. The van der Waals surface area contributed by atoms with Crippen molar-refractivity contribution >= 4 is 5.91 Å². The van der Waals surface area contributed by atoms with Gasteiger partial charge < -0.3 is 4.90 Å². The van der Waals surface area contributed by atoms with E-state index in [1.54, 1.807) is 4.90 Å². The SMILES string of the molecule is N#CCCN(CCC#N)C(=O)CC1CCCCC1. The first-order chi connectivity index (χ1) is 8.77.